The minimum Gasteiger partial charge on any atom is -0.350 e. The molecule has 1 heterocycles. The number of hydrogen-bond donors (Lipinski definition) is 1. The number of amides is 1. The zero-order chi connectivity index (χ0) is 21.0. The van der Waals surface area contributed by atoms with Crippen LogP contribution in [0, 0.1) is 5.82 Å². The molecule has 2 aromatic rings. The highest BCUT2D eigenvalue weighted by Gasteiger charge is 2.29. The van der Waals surface area contributed by atoms with Gasteiger partial charge in [0.05, 0.1) is 22.3 Å². The number of halogens is 2. The maximum absolute atomic E-state index is 14.6. The molecule has 29 heavy (non-hydrogen) atoms. The van der Waals surface area contributed by atoms with E-state index in [0.717, 1.165) is 25.9 Å². The second-order valence-corrected chi connectivity index (χ2v) is 9.66. The molecule has 0 bridgehead atoms. The van der Waals surface area contributed by atoms with Gasteiger partial charge in [0, 0.05) is 17.1 Å². The Kier molecular flexibility index (Phi) is 6.93. The molecule has 2 aromatic carbocycles. The first-order valence-electron chi connectivity index (χ1n) is 9.63. The summed E-state index contributed by atoms with van der Waals surface area (Å²) in [6, 6.07) is 10.2. The fourth-order valence-corrected chi connectivity index (χ4v) is 5.04. The van der Waals surface area contributed by atoms with Gasteiger partial charge in [-0.25, -0.2) is 12.8 Å². The van der Waals surface area contributed by atoms with Gasteiger partial charge in [0.25, 0.3) is 5.91 Å². The van der Waals surface area contributed by atoms with Crippen molar-refractivity contribution in [1.29, 1.82) is 0 Å². The molecule has 1 atom stereocenters. The molecular weight excluding hydrogens is 415 g/mol. The van der Waals surface area contributed by atoms with Crippen LogP contribution >= 0.6 is 11.6 Å². The Balaban J connectivity index is 1.87. The topological polar surface area (TPSA) is 66.5 Å². The Morgan fingerprint density at radius 2 is 1.86 bits per heavy atom. The smallest absolute Gasteiger partial charge is 0.252 e. The van der Waals surface area contributed by atoms with E-state index in [-0.39, 0.29) is 22.8 Å². The summed E-state index contributed by atoms with van der Waals surface area (Å²) in [6.45, 7) is 3.23. The van der Waals surface area contributed by atoms with E-state index in [2.05, 4.69) is 10.2 Å². The first-order chi connectivity index (χ1) is 13.8. The van der Waals surface area contributed by atoms with Crippen molar-refractivity contribution in [2.45, 2.75) is 30.7 Å². The summed E-state index contributed by atoms with van der Waals surface area (Å²) in [5.74, 6) is -1.02. The normalized spacial score (nSPS) is 16.0. The molecule has 1 amide bonds. The van der Waals surface area contributed by atoms with Gasteiger partial charge in [-0.05, 0) is 50.2 Å². The van der Waals surface area contributed by atoms with Crippen molar-refractivity contribution >= 4 is 27.3 Å². The number of nitrogens with one attached hydrogen (secondary N) is 1. The molecule has 8 heteroatoms. The molecule has 1 fully saturated rings. The third-order valence-electron chi connectivity index (χ3n) is 5.22. The first-order valence-corrected chi connectivity index (χ1v) is 11.7. The van der Waals surface area contributed by atoms with Gasteiger partial charge in [-0.15, -0.1) is 0 Å². The van der Waals surface area contributed by atoms with Crippen LogP contribution in [0.4, 0.5) is 4.39 Å². The quantitative estimate of drug-likeness (QED) is 0.713. The van der Waals surface area contributed by atoms with Gasteiger partial charge in [0.15, 0.2) is 9.84 Å². The third-order valence-corrected chi connectivity index (χ3v) is 7.33. The van der Waals surface area contributed by atoms with Gasteiger partial charge in [-0.2, -0.15) is 0 Å². The van der Waals surface area contributed by atoms with Crippen LogP contribution in [0.3, 0.4) is 0 Å². The second-order valence-electron chi connectivity index (χ2n) is 7.00. The third kappa shape index (κ3) is 4.79. The maximum atomic E-state index is 14.6. The Morgan fingerprint density at radius 3 is 2.52 bits per heavy atom. The van der Waals surface area contributed by atoms with Crippen molar-refractivity contribution in [3.63, 3.8) is 0 Å². The highest BCUT2D eigenvalue weighted by molar-refractivity contribution is 7.91. The van der Waals surface area contributed by atoms with Crippen molar-refractivity contribution in [2.75, 3.05) is 25.4 Å². The highest BCUT2D eigenvalue weighted by Crippen LogP contribution is 2.32. The molecule has 1 saturated heterocycles. The molecule has 5 nitrogen and oxygen atoms in total. The maximum Gasteiger partial charge on any atom is 0.252 e. The number of hydrogen-bond acceptors (Lipinski definition) is 4. The van der Waals surface area contributed by atoms with Gasteiger partial charge >= 0.3 is 0 Å². The van der Waals surface area contributed by atoms with Gasteiger partial charge < -0.3 is 5.32 Å². The highest BCUT2D eigenvalue weighted by atomic mass is 35.5. The summed E-state index contributed by atoms with van der Waals surface area (Å²) in [4.78, 5) is 14.9. The lowest BCUT2D eigenvalue weighted by atomic mass is 10.0. The van der Waals surface area contributed by atoms with Crippen LogP contribution in [0.15, 0.2) is 47.4 Å². The van der Waals surface area contributed by atoms with Crippen molar-refractivity contribution in [3.05, 3.63) is 64.4 Å². The number of sulfone groups is 1. The molecular formula is C21H24ClFN2O3S. The van der Waals surface area contributed by atoms with Crippen LogP contribution in [0.5, 0.6) is 0 Å². The first kappa shape index (κ1) is 21.7. The SMILES string of the molecule is CCS(=O)(=O)c1ccccc1C(=O)NCC(c1c(F)cccc1Cl)N1CCCC1. The zero-order valence-corrected chi connectivity index (χ0v) is 17.8. The summed E-state index contributed by atoms with van der Waals surface area (Å²) < 4.78 is 39.2. The summed E-state index contributed by atoms with van der Waals surface area (Å²) in [5, 5.41) is 3.11. The number of likely N-dealkylation sites (tertiary alicyclic amines) is 1. The molecule has 0 radical (unpaired) electrons. The molecule has 1 aliphatic heterocycles. The molecule has 156 valence electrons. The summed E-state index contributed by atoms with van der Waals surface area (Å²) in [5.41, 5.74) is 0.444. The second kappa shape index (κ2) is 9.24. The van der Waals surface area contributed by atoms with Crippen LogP contribution in [0.25, 0.3) is 0 Å². The number of carbonyl (C=O) groups is 1. The van der Waals surface area contributed by atoms with Gasteiger partial charge in [-0.3, -0.25) is 9.69 Å². The summed E-state index contributed by atoms with van der Waals surface area (Å²) >= 11 is 6.28. The van der Waals surface area contributed by atoms with Crippen molar-refractivity contribution in [2.24, 2.45) is 0 Å². The molecule has 1 N–H and O–H groups in total. The minimum atomic E-state index is -3.55. The molecule has 0 aromatic heterocycles. The molecule has 3 rings (SSSR count). The van der Waals surface area contributed by atoms with E-state index < -0.39 is 27.6 Å². The number of benzene rings is 2. The van der Waals surface area contributed by atoms with Crippen molar-refractivity contribution in [3.8, 4) is 0 Å². The number of nitrogens with zero attached hydrogens (tertiary/aromatic N) is 1. The lowest BCUT2D eigenvalue weighted by Gasteiger charge is -2.29. The van der Waals surface area contributed by atoms with E-state index in [1.807, 2.05) is 0 Å². The van der Waals surface area contributed by atoms with E-state index in [0.29, 0.717) is 10.6 Å². The molecule has 0 spiro atoms. The Bertz CT molecular complexity index is 971. The predicted molar refractivity (Wildman–Crippen MR) is 111 cm³/mol. The fraction of sp³-hybridized carbons (Fsp3) is 0.381. The van der Waals surface area contributed by atoms with Crippen LogP contribution in [0.2, 0.25) is 5.02 Å². The molecule has 0 aliphatic carbocycles. The van der Waals surface area contributed by atoms with Crippen LogP contribution in [-0.2, 0) is 9.84 Å². The largest absolute Gasteiger partial charge is 0.350 e. The minimum absolute atomic E-state index is 0.00152. The Morgan fingerprint density at radius 1 is 1.17 bits per heavy atom. The van der Waals surface area contributed by atoms with Gasteiger partial charge in [0.2, 0.25) is 0 Å². The Labute approximate surface area is 175 Å². The zero-order valence-electron chi connectivity index (χ0n) is 16.2. The summed E-state index contributed by atoms with van der Waals surface area (Å²) in [6.07, 6.45) is 1.99. The predicted octanol–water partition coefficient (Wildman–Crippen LogP) is 3.84. The fourth-order valence-electron chi connectivity index (χ4n) is 3.66. The average Bonchev–Trinajstić information content (AvgIpc) is 3.24. The van der Waals surface area contributed by atoms with E-state index in [4.69, 9.17) is 11.6 Å². The van der Waals surface area contributed by atoms with E-state index >= 15 is 0 Å². The summed E-state index contributed by atoms with van der Waals surface area (Å²) in [7, 11) is -3.55. The van der Waals surface area contributed by atoms with Crippen LogP contribution in [-0.4, -0.2) is 44.6 Å². The van der Waals surface area contributed by atoms with E-state index in [1.54, 1.807) is 24.3 Å². The van der Waals surface area contributed by atoms with Gasteiger partial charge in [-0.1, -0.05) is 36.7 Å². The molecule has 1 aliphatic rings. The van der Waals surface area contributed by atoms with Crippen LogP contribution in [0.1, 0.15) is 41.7 Å². The van der Waals surface area contributed by atoms with Crippen LogP contribution < -0.4 is 5.32 Å². The van der Waals surface area contributed by atoms with Crippen molar-refractivity contribution < 1.29 is 17.6 Å². The van der Waals surface area contributed by atoms with Gasteiger partial charge in [0.1, 0.15) is 5.82 Å². The monoisotopic (exact) mass is 438 g/mol. The lowest BCUT2D eigenvalue weighted by Crippen LogP contribution is -2.37. The number of rotatable bonds is 7. The molecule has 1 unspecified atom stereocenters. The molecule has 0 saturated carbocycles. The Hall–Kier alpha value is -1.96. The van der Waals surface area contributed by atoms with E-state index in [9.17, 15) is 17.6 Å². The van der Waals surface area contributed by atoms with E-state index in [1.165, 1.54) is 25.1 Å². The number of carbonyl (C=O) groups excluding carboxylic acids is 1. The average molecular weight is 439 g/mol. The lowest BCUT2D eigenvalue weighted by molar-refractivity contribution is 0.0934. The standard InChI is InChI=1S/C21H24ClFN2O3S/c1-2-29(27,28)19-11-4-3-8-15(19)21(26)24-14-18(25-12-5-6-13-25)20-16(22)9-7-10-17(20)23/h3-4,7-11,18H,2,5-6,12-14H2,1H3,(H,24,26). The van der Waals surface area contributed by atoms with Crippen molar-refractivity contribution in [1.82, 2.24) is 10.2 Å².